The lowest BCUT2D eigenvalue weighted by Gasteiger charge is -2.22. The maximum absolute atomic E-state index is 12.5. The molecule has 0 saturated heterocycles. The first kappa shape index (κ1) is 13.8. The zero-order valence-corrected chi connectivity index (χ0v) is 11.7. The largest absolute Gasteiger partial charge is 0.395 e. The van der Waals surface area contributed by atoms with Crippen molar-refractivity contribution in [2.45, 2.75) is 30.7 Å². The second-order valence-electron chi connectivity index (χ2n) is 4.48. The Morgan fingerprint density at radius 2 is 2.11 bits per heavy atom. The van der Waals surface area contributed by atoms with Crippen molar-refractivity contribution in [3.8, 4) is 0 Å². The maximum atomic E-state index is 12.5. The Labute approximate surface area is 112 Å². The van der Waals surface area contributed by atoms with E-state index in [4.69, 9.17) is 16.7 Å². The molecule has 100 valence electrons. The molecule has 0 unspecified atom stereocenters. The lowest BCUT2D eigenvalue weighted by Crippen LogP contribution is -2.35. The normalized spacial score (nSPS) is 16.2. The van der Waals surface area contributed by atoms with Crippen LogP contribution in [-0.2, 0) is 10.0 Å². The Morgan fingerprint density at radius 3 is 2.67 bits per heavy atom. The van der Waals surface area contributed by atoms with E-state index >= 15 is 0 Å². The Bertz CT molecular complexity index is 540. The summed E-state index contributed by atoms with van der Waals surface area (Å²) >= 11 is 5.87. The summed E-state index contributed by atoms with van der Waals surface area (Å²) in [5, 5.41) is 9.42. The number of rotatable bonds is 5. The summed E-state index contributed by atoms with van der Waals surface area (Å²) in [7, 11) is -3.56. The van der Waals surface area contributed by atoms with E-state index in [-0.39, 0.29) is 24.1 Å². The average molecular weight is 290 g/mol. The van der Waals surface area contributed by atoms with Crippen LogP contribution in [-0.4, -0.2) is 37.0 Å². The molecule has 0 aliphatic heterocycles. The van der Waals surface area contributed by atoms with E-state index in [0.29, 0.717) is 10.6 Å². The Morgan fingerprint density at radius 1 is 1.44 bits per heavy atom. The third-order valence-electron chi connectivity index (χ3n) is 3.01. The lowest BCUT2D eigenvalue weighted by molar-refractivity contribution is 0.250. The van der Waals surface area contributed by atoms with Crippen LogP contribution in [0, 0.1) is 6.92 Å². The number of benzene rings is 1. The van der Waals surface area contributed by atoms with Gasteiger partial charge in [-0.15, -0.1) is 0 Å². The molecule has 1 aromatic carbocycles. The molecule has 1 saturated carbocycles. The van der Waals surface area contributed by atoms with Crippen LogP contribution in [0.2, 0.25) is 5.02 Å². The topological polar surface area (TPSA) is 57.6 Å². The van der Waals surface area contributed by atoms with Crippen molar-refractivity contribution in [2.75, 3.05) is 13.2 Å². The van der Waals surface area contributed by atoms with Crippen molar-refractivity contribution < 1.29 is 13.5 Å². The van der Waals surface area contributed by atoms with Gasteiger partial charge in [0.05, 0.1) is 11.5 Å². The highest BCUT2D eigenvalue weighted by atomic mass is 35.5. The minimum absolute atomic E-state index is 0.0283. The number of hydrogen-bond acceptors (Lipinski definition) is 3. The van der Waals surface area contributed by atoms with E-state index < -0.39 is 10.0 Å². The van der Waals surface area contributed by atoms with E-state index in [1.165, 1.54) is 10.4 Å². The van der Waals surface area contributed by atoms with Crippen molar-refractivity contribution in [3.05, 3.63) is 28.8 Å². The van der Waals surface area contributed by atoms with Crippen molar-refractivity contribution in [1.29, 1.82) is 0 Å². The molecule has 0 heterocycles. The minimum atomic E-state index is -3.56. The van der Waals surface area contributed by atoms with E-state index in [0.717, 1.165) is 12.8 Å². The molecule has 0 radical (unpaired) electrons. The van der Waals surface area contributed by atoms with Crippen LogP contribution in [0.25, 0.3) is 0 Å². The van der Waals surface area contributed by atoms with Crippen LogP contribution < -0.4 is 0 Å². The fraction of sp³-hybridized carbons (Fsp3) is 0.500. The van der Waals surface area contributed by atoms with Gasteiger partial charge < -0.3 is 5.11 Å². The highest BCUT2D eigenvalue weighted by Crippen LogP contribution is 2.33. The van der Waals surface area contributed by atoms with Gasteiger partial charge in [-0.2, -0.15) is 4.31 Å². The van der Waals surface area contributed by atoms with E-state index in [2.05, 4.69) is 0 Å². The van der Waals surface area contributed by atoms with Crippen molar-refractivity contribution in [2.24, 2.45) is 0 Å². The smallest absolute Gasteiger partial charge is 0.243 e. The Balaban J connectivity index is 2.42. The zero-order valence-electron chi connectivity index (χ0n) is 10.1. The van der Waals surface area contributed by atoms with Crippen molar-refractivity contribution in [3.63, 3.8) is 0 Å². The van der Waals surface area contributed by atoms with Crippen LogP contribution in [0.3, 0.4) is 0 Å². The van der Waals surface area contributed by atoms with Gasteiger partial charge in [0.1, 0.15) is 0 Å². The molecule has 4 nitrogen and oxygen atoms in total. The molecule has 2 rings (SSSR count). The van der Waals surface area contributed by atoms with Gasteiger partial charge in [-0.25, -0.2) is 8.42 Å². The fourth-order valence-corrected chi connectivity index (χ4v) is 4.10. The predicted molar refractivity (Wildman–Crippen MR) is 70.2 cm³/mol. The minimum Gasteiger partial charge on any atom is -0.395 e. The molecule has 1 aliphatic carbocycles. The molecule has 0 spiro atoms. The predicted octanol–water partition coefficient (Wildman–Crippen LogP) is 1.79. The summed E-state index contributed by atoms with van der Waals surface area (Å²) in [6.45, 7) is 1.71. The summed E-state index contributed by atoms with van der Waals surface area (Å²) in [5.74, 6) is 0. The molecule has 1 aliphatic rings. The quantitative estimate of drug-likeness (QED) is 0.899. The van der Waals surface area contributed by atoms with Gasteiger partial charge in [-0.1, -0.05) is 17.7 Å². The maximum Gasteiger partial charge on any atom is 0.243 e. The third-order valence-corrected chi connectivity index (χ3v) is 5.34. The first-order valence-corrected chi connectivity index (χ1v) is 7.67. The first-order valence-electron chi connectivity index (χ1n) is 5.85. The van der Waals surface area contributed by atoms with E-state index in [1.807, 2.05) is 0 Å². The van der Waals surface area contributed by atoms with E-state index in [1.54, 1.807) is 19.1 Å². The molecule has 0 atom stereocenters. The second kappa shape index (κ2) is 5.17. The number of sulfonamides is 1. The summed E-state index contributed by atoms with van der Waals surface area (Å²) in [4.78, 5) is 0.232. The molecule has 0 aromatic heterocycles. The molecular formula is C12H16ClNO3S. The molecule has 1 fully saturated rings. The summed E-state index contributed by atoms with van der Waals surface area (Å²) in [6.07, 6.45) is 1.72. The first-order chi connectivity index (χ1) is 8.46. The summed E-state index contributed by atoms with van der Waals surface area (Å²) in [5.41, 5.74) is 0.669. The molecular weight excluding hydrogens is 274 g/mol. The third kappa shape index (κ3) is 2.69. The SMILES string of the molecule is Cc1ccc(Cl)cc1S(=O)(=O)N(CCO)C1CC1. The van der Waals surface area contributed by atoms with Gasteiger partial charge in [-0.05, 0) is 37.5 Å². The van der Waals surface area contributed by atoms with Crippen LogP contribution in [0.5, 0.6) is 0 Å². The van der Waals surface area contributed by atoms with Gasteiger partial charge in [0, 0.05) is 17.6 Å². The standard InChI is InChI=1S/C12H16ClNO3S/c1-9-2-3-10(13)8-12(9)18(16,17)14(6-7-15)11-4-5-11/h2-3,8,11,15H,4-7H2,1H3. The van der Waals surface area contributed by atoms with Crippen molar-refractivity contribution >= 4 is 21.6 Å². The lowest BCUT2D eigenvalue weighted by atomic mass is 10.2. The molecule has 1 N–H and O–H groups in total. The van der Waals surface area contributed by atoms with Crippen molar-refractivity contribution in [1.82, 2.24) is 4.31 Å². The van der Waals surface area contributed by atoms with Gasteiger partial charge >= 0.3 is 0 Å². The highest BCUT2D eigenvalue weighted by molar-refractivity contribution is 7.89. The van der Waals surface area contributed by atoms with Gasteiger partial charge in [0.2, 0.25) is 10.0 Å². The molecule has 6 heteroatoms. The summed E-state index contributed by atoms with van der Waals surface area (Å²) < 4.78 is 26.4. The number of aryl methyl sites for hydroxylation is 1. The molecule has 1 aromatic rings. The number of hydrogen-bond donors (Lipinski definition) is 1. The van der Waals surface area contributed by atoms with Crippen LogP contribution in [0.1, 0.15) is 18.4 Å². The highest BCUT2D eigenvalue weighted by Gasteiger charge is 2.38. The number of halogens is 1. The fourth-order valence-electron chi connectivity index (χ4n) is 1.94. The monoisotopic (exact) mass is 289 g/mol. The number of nitrogens with zero attached hydrogens (tertiary/aromatic N) is 1. The van der Waals surface area contributed by atoms with Crippen LogP contribution in [0.4, 0.5) is 0 Å². The van der Waals surface area contributed by atoms with Gasteiger partial charge in [0.25, 0.3) is 0 Å². The molecule has 0 amide bonds. The van der Waals surface area contributed by atoms with Crippen LogP contribution in [0.15, 0.2) is 23.1 Å². The van der Waals surface area contributed by atoms with Gasteiger partial charge in [0.15, 0.2) is 0 Å². The number of aliphatic hydroxyl groups excluding tert-OH is 1. The number of aliphatic hydroxyl groups is 1. The Hall–Kier alpha value is -0.620. The molecule has 0 bridgehead atoms. The summed E-state index contributed by atoms with van der Waals surface area (Å²) in [6, 6.07) is 4.86. The van der Waals surface area contributed by atoms with Gasteiger partial charge in [-0.3, -0.25) is 0 Å². The second-order valence-corrected chi connectivity index (χ2v) is 6.78. The zero-order chi connectivity index (χ0) is 13.3. The van der Waals surface area contributed by atoms with Crippen LogP contribution >= 0.6 is 11.6 Å². The molecule has 18 heavy (non-hydrogen) atoms. The average Bonchev–Trinajstić information content (AvgIpc) is 3.13. The van der Waals surface area contributed by atoms with E-state index in [9.17, 15) is 8.42 Å². The Kier molecular flexibility index (Phi) is 3.96.